The molecule has 4 nitrogen and oxygen atoms in total. The van der Waals surface area contributed by atoms with E-state index in [2.05, 4.69) is 0 Å². The van der Waals surface area contributed by atoms with E-state index in [1.807, 2.05) is 31.2 Å². The summed E-state index contributed by atoms with van der Waals surface area (Å²) in [5.41, 5.74) is 3.10. The maximum absolute atomic E-state index is 11.8. The van der Waals surface area contributed by atoms with Crippen LogP contribution in [0.15, 0.2) is 45.6 Å². The Bertz CT molecular complexity index is 1030. The van der Waals surface area contributed by atoms with Crippen LogP contribution in [-0.4, -0.2) is 6.73 Å². The maximum Gasteiger partial charge on any atom is 0.336 e. The van der Waals surface area contributed by atoms with Crippen LogP contribution in [0.3, 0.4) is 0 Å². The Morgan fingerprint density at radius 1 is 1.16 bits per heavy atom. The normalized spacial score (nSPS) is 16.5. The van der Waals surface area contributed by atoms with Crippen molar-refractivity contribution in [2.24, 2.45) is 0 Å². The minimum Gasteiger partial charge on any atom is -0.445 e. The number of quaternary nitrogens is 1. The van der Waals surface area contributed by atoms with Crippen molar-refractivity contribution < 1.29 is 14.1 Å². The van der Waals surface area contributed by atoms with E-state index in [0.717, 1.165) is 27.8 Å². The molecule has 0 saturated heterocycles. The number of benzene rings is 2. The van der Waals surface area contributed by atoms with Gasteiger partial charge in [0.15, 0.2) is 5.58 Å². The molecule has 0 saturated carbocycles. The first-order valence-corrected chi connectivity index (χ1v) is 8.73. The van der Waals surface area contributed by atoms with Crippen LogP contribution in [-0.2, 0) is 13.1 Å². The average molecular weight is 377 g/mol. The number of nitrogens with one attached hydrogen (secondary N) is 1. The monoisotopic (exact) mass is 376 g/mol. The van der Waals surface area contributed by atoms with Crippen molar-refractivity contribution in [2.75, 3.05) is 6.73 Å². The summed E-state index contributed by atoms with van der Waals surface area (Å²) in [5, 5.41) is 2.20. The van der Waals surface area contributed by atoms with E-state index >= 15 is 0 Å². The molecule has 25 heavy (non-hydrogen) atoms. The quantitative estimate of drug-likeness (QED) is 0.697. The first kappa shape index (κ1) is 16.5. The van der Waals surface area contributed by atoms with Gasteiger partial charge in [-0.25, -0.2) is 4.79 Å². The highest BCUT2D eigenvalue weighted by Crippen LogP contribution is 2.30. The van der Waals surface area contributed by atoms with Crippen LogP contribution in [0.5, 0.6) is 5.75 Å². The number of hydrogen-bond acceptors (Lipinski definition) is 3. The van der Waals surface area contributed by atoms with Crippen LogP contribution < -0.4 is 15.3 Å². The Labute approximate surface area is 154 Å². The molecule has 1 aromatic heterocycles. The second kappa shape index (κ2) is 6.37. The molecule has 0 bridgehead atoms. The molecule has 0 fully saturated rings. The molecule has 1 unspecified atom stereocenters. The van der Waals surface area contributed by atoms with Crippen molar-refractivity contribution >= 4 is 34.2 Å². The van der Waals surface area contributed by atoms with Gasteiger partial charge in [-0.1, -0.05) is 29.3 Å². The zero-order valence-corrected chi connectivity index (χ0v) is 15.1. The average Bonchev–Trinajstić information content (AvgIpc) is 2.57. The third-order valence-electron chi connectivity index (χ3n) is 4.49. The number of halogens is 2. The Hall–Kier alpha value is -2.01. The van der Waals surface area contributed by atoms with Gasteiger partial charge in [-0.3, -0.25) is 4.90 Å². The van der Waals surface area contributed by atoms with E-state index < -0.39 is 0 Å². The first-order valence-electron chi connectivity index (χ1n) is 7.98. The molecule has 1 aliphatic rings. The van der Waals surface area contributed by atoms with Crippen LogP contribution in [0.25, 0.3) is 11.0 Å². The van der Waals surface area contributed by atoms with E-state index in [1.165, 1.54) is 11.0 Å². The molecule has 0 amide bonds. The molecule has 1 aliphatic heterocycles. The SMILES string of the molecule is Cc1cc(=O)oc2c3c(ccc12)OC[NH+](Cc1ccc(Cl)cc1Cl)C3. The molecular formula is C19H16Cl2NO3+. The lowest BCUT2D eigenvalue weighted by atomic mass is 10.0. The molecule has 0 aliphatic carbocycles. The minimum absolute atomic E-state index is 0.341. The molecule has 4 rings (SSSR count). The Morgan fingerprint density at radius 3 is 2.80 bits per heavy atom. The van der Waals surface area contributed by atoms with Crippen molar-refractivity contribution in [3.05, 3.63) is 73.6 Å². The van der Waals surface area contributed by atoms with Crippen molar-refractivity contribution in [1.29, 1.82) is 0 Å². The Kier molecular flexibility index (Phi) is 4.20. The molecule has 0 spiro atoms. The second-order valence-corrected chi connectivity index (χ2v) is 7.14. The maximum atomic E-state index is 11.8. The van der Waals surface area contributed by atoms with Crippen LogP contribution in [0.4, 0.5) is 0 Å². The highest BCUT2D eigenvalue weighted by atomic mass is 35.5. The lowest BCUT2D eigenvalue weighted by Crippen LogP contribution is -3.10. The molecular weight excluding hydrogens is 361 g/mol. The standard InChI is InChI=1S/C19H15Cl2NO3/c1-11-6-18(23)25-19-14(11)4-5-17-15(19)9-22(10-24-17)8-12-2-3-13(20)7-16(12)21/h2-7H,8-10H2,1H3/p+1. The molecule has 128 valence electrons. The summed E-state index contributed by atoms with van der Waals surface area (Å²) >= 11 is 12.3. The zero-order valence-electron chi connectivity index (χ0n) is 13.6. The fourth-order valence-corrected chi connectivity index (χ4v) is 3.73. The van der Waals surface area contributed by atoms with E-state index in [4.69, 9.17) is 32.4 Å². The lowest BCUT2D eigenvalue weighted by molar-refractivity contribution is -0.945. The number of hydrogen-bond donors (Lipinski definition) is 1. The highest BCUT2D eigenvalue weighted by molar-refractivity contribution is 6.35. The number of aryl methyl sites for hydroxylation is 1. The summed E-state index contributed by atoms with van der Waals surface area (Å²) < 4.78 is 11.4. The van der Waals surface area contributed by atoms with Gasteiger partial charge in [-0.15, -0.1) is 0 Å². The van der Waals surface area contributed by atoms with Gasteiger partial charge in [0.05, 0.1) is 10.6 Å². The fraction of sp³-hybridized carbons (Fsp3) is 0.211. The van der Waals surface area contributed by atoms with Gasteiger partial charge in [-0.2, -0.15) is 0 Å². The van der Waals surface area contributed by atoms with Gasteiger partial charge in [0.25, 0.3) is 0 Å². The van der Waals surface area contributed by atoms with Gasteiger partial charge in [-0.05, 0) is 36.8 Å². The van der Waals surface area contributed by atoms with Crippen LogP contribution >= 0.6 is 23.2 Å². The van der Waals surface area contributed by atoms with Crippen molar-refractivity contribution in [3.63, 3.8) is 0 Å². The second-order valence-electron chi connectivity index (χ2n) is 6.30. The third-order valence-corrected chi connectivity index (χ3v) is 5.08. The van der Waals surface area contributed by atoms with Crippen molar-refractivity contribution in [2.45, 2.75) is 20.0 Å². The predicted octanol–water partition coefficient (Wildman–Crippen LogP) is 3.34. The summed E-state index contributed by atoms with van der Waals surface area (Å²) in [6.07, 6.45) is 0. The summed E-state index contributed by atoms with van der Waals surface area (Å²) in [6.45, 7) is 3.82. The number of rotatable bonds is 2. The molecule has 3 aromatic rings. The topological polar surface area (TPSA) is 43.9 Å². The van der Waals surface area contributed by atoms with Crippen LogP contribution in [0.1, 0.15) is 16.7 Å². The van der Waals surface area contributed by atoms with Crippen LogP contribution in [0.2, 0.25) is 10.0 Å². The Morgan fingerprint density at radius 2 is 2.00 bits per heavy atom. The molecule has 6 heteroatoms. The summed E-state index contributed by atoms with van der Waals surface area (Å²) in [6, 6.07) is 10.9. The molecule has 1 atom stereocenters. The van der Waals surface area contributed by atoms with Crippen molar-refractivity contribution in [3.8, 4) is 5.75 Å². The summed E-state index contributed by atoms with van der Waals surface area (Å²) in [7, 11) is 0. The number of ether oxygens (including phenoxy) is 1. The zero-order chi connectivity index (χ0) is 17.6. The molecule has 2 aromatic carbocycles. The van der Waals surface area contributed by atoms with E-state index in [1.54, 1.807) is 6.07 Å². The number of fused-ring (bicyclic) bond motifs is 3. The Balaban J connectivity index is 1.70. The van der Waals surface area contributed by atoms with E-state index in [9.17, 15) is 4.79 Å². The van der Waals surface area contributed by atoms with Crippen LogP contribution in [0, 0.1) is 6.92 Å². The summed E-state index contributed by atoms with van der Waals surface area (Å²) in [5.74, 6) is 0.771. The fourth-order valence-electron chi connectivity index (χ4n) is 3.25. The predicted molar refractivity (Wildman–Crippen MR) is 97.5 cm³/mol. The van der Waals surface area contributed by atoms with Gasteiger partial charge < -0.3 is 9.15 Å². The lowest BCUT2D eigenvalue weighted by Gasteiger charge is -2.27. The molecule has 0 radical (unpaired) electrons. The smallest absolute Gasteiger partial charge is 0.336 e. The van der Waals surface area contributed by atoms with Gasteiger partial charge in [0.1, 0.15) is 18.8 Å². The largest absolute Gasteiger partial charge is 0.445 e. The van der Waals surface area contributed by atoms with E-state index in [0.29, 0.717) is 35.4 Å². The van der Waals surface area contributed by atoms with Gasteiger partial charge in [0.2, 0.25) is 6.73 Å². The first-order chi connectivity index (χ1) is 12.0. The van der Waals surface area contributed by atoms with Gasteiger partial charge in [0, 0.05) is 22.0 Å². The molecule has 2 heterocycles. The van der Waals surface area contributed by atoms with Gasteiger partial charge >= 0.3 is 5.63 Å². The van der Waals surface area contributed by atoms with E-state index in [-0.39, 0.29) is 5.63 Å². The third kappa shape index (κ3) is 3.13. The minimum atomic E-state index is -0.341. The summed E-state index contributed by atoms with van der Waals surface area (Å²) in [4.78, 5) is 13.0. The highest BCUT2D eigenvalue weighted by Gasteiger charge is 2.25. The molecule has 1 N–H and O–H groups in total. The van der Waals surface area contributed by atoms with Crippen molar-refractivity contribution in [1.82, 2.24) is 0 Å².